The Morgan fingerprint density at radius 3 is 2.51 bits per heavy atom. The fourth-order valence-electron chi connectivity index (χ4n) is 3.72. The van der Waals surface area contributed by atoms with Gasteiger partial charge < -0.3 is 25.2 Å². The first kappa shape index (κ1) is 24.8. The minimum Gasteiger partial charge on any atom is -0.484 e. The molecule has 2 heterocycles. The Labute approximate surface area is 210 Å². The average molecular weight is 513 g/mol. The first-order chi connectivity index (χ1) is 16.9. The van der Waals surface area contributed by atoms with E-state index >= 15 is 0 Å². The molecule has 2 aromatic carbocycles. The van der Waals surface area contributed by atoms with Crippen LogP contribution in [0.15, 0.2) is 71.4 Å². The van der Waals surface area contributed by atoms with Gasteiger partial charge in [-0.3, -0.25) is 14.4 Å². The number of aliphatic carboxylic acids is 1. The topological polar surface area (TPSA) is 116 Å². The minimum atomic E-state index is -1.13. The third kappa shape index (κ3) is 6.02. The number of β-lactam (4-membered cyclic amide) rings is 1. The van der Waals surface area contributed by atoms with Crippen LogP contribution >= 0.6 is 23.1 Å². The van der Waals surface area contributed by atoms with Crippen LogP contribution in [0.1, 0.15) is 23.3 Å². The number of para-hydroxylation sites is 1. The number of carboxylic acid groups (broad SMARTS) is 1. The summed E-state index contributed by atoms with van der Waals surface area (Å²) in [5.74, 6) is -0.820. The van der Waals surface area contributed by atoms with Crippen molar-refractivity contribution >= 4 is 46.6 Å². The van der Waals surface area contributed by atoms with Crippen molar-refractivity contribution in [1.82, 2.24) is 5.32 Å². The zero-order valence-electron chi connectivity index (χ0n) is 18.6. The van der Waals surface area contributed by atoms with Gasteiger partial charge in [-0.1, -0.05) is 30.3 Å². The molecule has 1 aliphatic heterocycles. The van der Waals surface area contributed by atoms with Crippen LogP contribution < -0.4 is 15.0 Å². The summed E-state index contributed by atoms with van der Waals surface area (Å²) in [5, 5.41) is 24.8. The van der Waals surface area contributed by atoms with E-state index in [1.165, 1.54) is 23.1 Å². The van der Waals surface area contributed by atoms with Gasteiger partial charge in [-0.05, 0) is 52.2 Å². The molecule has 1 aliphatic rings. The van der Waals surface area contributed by atoms with Crippen molar-refractivity contribution in [3.05, 3.63) is 82.6 Å². The van der Waals surface area contributed by atoms with E-state index in [-0.39, 0.29) is 23.8 Å². The number of nitrogens with zero attached hydrogens (tertiary/aromatic N) is 1. The number of thiophene rings is 1. The summed E-state index contributed by atoms with van der Waals surface area (Å²) in [6.07, 6.45) is -0.645. The van der Waals surface area contributed by atoms with E-state index in [1.54, 1.807) is 17.0 Å². The van der Waals surface area contributed by atoms with Gasteiger partial charge in [0.2, 0.25) is 5.91 Å². The third-order valence-corrected chi connectivity index (χ3v) is 7.50. The molecule has 0 aliphatic carbocycles. The van der Waals surface area contributed by atoms with Crippen LogP contribution in [0.3, 0.4) is 0 Å². The minimum absolute atomic E-state index is 0.0147. The molecule has 4 rings (SSSR count). The monoisotopic (exact) mass is 512 g/mol. The molecule has 0 spiro atoms. The highest BCUT2D eigenvalue weighted by Crippen LogP contribution is 2.46. The van der Waals surface area contributed by atoms with Crippen molar-refractivity contribution in [3.63, 3.8) is 0 Å². The van der Waals surface area contributed by atoms with Gasteiger partial charge >= 0.3 is 5.97 Å². The smallest absolute Gasteiger partial charge is 0.322 e. The molecule has 1 fully saturated rings. The lowest BCUT2D eigenvalue weighted by Crippen LogP contribution is -2.57. The zero-order chi connectivity index (χ0) is 24.8. The number of amides is 2. The standard InChI is InChI=1S/C25H24N2O6S2/c28-20(17-10-11-34-14-17)15-35-24-23(27(25(24)32)18-4-2-1-3-5-18)16-6-8-19(9-7-16)33-13-21(29)26-12-22(30)31/h1-11,14,20,23-24,28H,12-13,15H2,(H,26,29)(H,30,31)/t20?,23-,24-/m0/s1. The number of rotatable bonds is 11. The van der Waals surface area contributed by atoms with Crippen molar-refractivity contribution in [1.29, 1.82) is 0 Å². The first-order valence-electron chi connectivity index (χ1n) is 10.8. The van der Waals surface area contributed by atoms with Crippen molar-refractivity contribution in [2.24, 2.45) is 0 Å². The Morgan fingerprint density at radius 2 is 1.86 bits per heavy atom. The molecule has 0 saturated carbocycles. The number of carbonyl (C=O) groups excluding carboxylic acids is 2. The summed E-state index contributed by atoms with van der Waals surface area (Å²) in [6.45, 7) is -0.768. The molecule has 10 heteroatoms. The van der Waals surface area contributed by atoms with E-state index in [4.69, 9.17) is 9.84 Å². The molecule has 1 unspecified atom stereocenters. The fraction of sp³-hybridized carbons (Fsp3) is 0.240. The van der Waals surface area contributed by atoms with Gasteiger partial charge in [-0.2, -0.15) is 11.3 Å². The molecule has 2 amide bonds. The number of carboxylic acids is 1. The summed E-state index contributed by atoms with van der Waals surface area (Å²) in [5.41, 5.74) is 2.55. The van der Waals surface area contributed by atoms with Gasteiger partial charge in [0.25, 0.3) is 5.91 Å². The Balaban J connectivity index is 1.45. The number of hydrogen-bond acceptors (Lipinski definition) is 7. The summed E-state index contributed by atoms with van der Waals surface area (Å²) in [6, 6.07) is 18.2. The first-order valence-corrected chi connectivity index (χ1v) is 12.8. The highest BCUT2D eigenvalue weighted by atomic mass is 32.2. The van der Waals surface area contributed by atoms with Crippen molar-refractivity contribution in [2.75, 3.05) is 23.8 Å². The van der Waals surface area contributed by atoms with Crippen LogP contribution in [0.4, 0.5) is 5.69 Å². The van der Waals surface area contributed by atoms with E-state index in [2.05, 4.69) is 5.32 Å². The molecule has 35 heavy (non-hydrogen) atoms. The highest BCUT2D eigenvalue weighted by Gasteiger charge is 2.49. The van der Waals surface area contributed by atoms with Crippen LogP contribution in [-0.4, -0.2) is 52.2 Å². The van der Waals surface area contributed by atoms with Crippen LogP contribution in [0.2, 0.25) is 0 Å². The Kier molecular flexibility index (Phi) is 8.06. The molecule has 182 valence electrons. The second kappa shape index (κ2) is 11.4. The normalized spacial score (nSPS) is 18.0. The summed E-state index contributed by atoms with van der Waals surface area (Å²) in [4.78, 5) is 37.1. The Morgan fingerprint density at radius 1 is 1.11 bits per heavy atom. The van der Waals surface area contributed by atoms with E-state index in [0.717, 1.165) is 16.8 Å². The maximum absolute atomic E-state index is 13.1. The van der Waals surface area contributed by atoms with Gasteiger partial charge in [-0.25, -0.2) is 0 Å². The molecule has 0 radical (unpaired) electrons. The molecule has 8 nitrogen and oxygen atoms in total. The van der Waals surface area contributed by atoms with E-state index < -0.39 is 24.5 Å². The van der Waals surface area contributed by atoms with Gasteiger partial charge in [0, 0.05) is 11.4 Å². The van der Waals surface area contributed by atoms with E-state index in [9.17, 15) is 19.5 Å². The van der Waals surface area contributed by atoms with Gasteiger partial charge in [-0.15, -0.1) is 11.8 Å². The number of aliphatic hydroxyl groups is 1. The van der Waals surface area contributed by atoms with Crippen molar-refractivity contribution < 1.29 is 29.3 Å². The number of thioether (sulfide) groups is 1. The van der Waals surface area contributed by atoms with Crippen LogP contribution in [0, 0.1) is 0 Å². The summed E-state index contributed by atoms with van der Waals surface area (Å²) in [7, 11) is 0. The number of carbonyl (C=O) groups is 3. The average Bonchev–Trinajstić information content (AvgIpc) is 3.41. The summed E-state index contributed by atoms with van der Waals surface area (Å²) < 4.78 is 5.44. The maximum atomic E-state index is 13.1. The second-order valence-electron chi connectivity index (χ2n) is 7.84. The molecular weight excluding hydrogens is 488 g/mol. The predicted octanol–water partition coefficient (Wildman–Crippen LogP) is 3.25. The molecule has 0 bridgehead atoms. The van der Waals surface area contributed by atoms with Crippen molar-refractivity contribution in [3.8, 4) is 5.75 Å². The third-order valence-electron chi connectivity index (χ3n) is 5.47. The Hall–Kier alpha value is -3.34. The number of ether oxygens (including phenoxy) is 1. The van der Waals surface area contributed by atoms with E-state index in [1.807, 2.05) is 59.3 Å². The van der Waals surface area contributed by atoms with Crippen LogP contribution in [-0.2, 0) is 14.4 Å². The summed E-state index contributed by atoms with van der Waals surface area (Å²) >= 11 is 2.96. The van der Waals surface area contributed by atoms with Gasteiger partial charge in [0.05, 0.1) is 12.1 Å². The number of nitrogens with one attached hydrogen (secondary N) is 1. The number of hydrogen-bond donors (Lipinski definition) is 3. The lowest BCUT2D eigenvalue weighted by Gasteiger charge is -2.47. The zero-order valence-corrected chi connectivity index (χ0v) is 20.2. The predicted molar refractivity (Wildman–Crippen MR) is 135 cm³/mol. The molecule has 3 aromatic rings. The number of anilines is 1. The van der Waals surface area contributed by atoms with Crippen LogP contribution in [0.25, 0.3) is 0 Å². The van der Waals surface area contributed by atoms with Crippen LogP contribution in [0.5, 0.6) is 5.75 Å². The van der Waals surface area contributed by atoms with Gasteiger partial charge in [0.15, 0.2) is 6.61 Å². The molecule has 3 N–H and O–H groups in total. The molecule has 1 aromatic heterocycles. The fourth-order valence-corrected chi connectivity index (χ4v) is 5.72. The number of benzene rings is 2. The lowest BCUT2D eigenvalue weighted by molar-refractivity contribution is -0.138. The van der Waals surface area contributed by atoms with Crippen molar-refractivity contribution in [2.45, 2.75) is 17.4 Å². The molecular formula is C25H24N2O6S2. The Bertz CT molecular complexity index is 1150. The van der Waals surface area contributed by atoms with Gasteiger partial charge in [0.1, 0.15) is 17.5 Å². The molecule has 1 saturated heterocycles. The number of aliphatic hydroxyl groups excluding tert-OH is 1. The quantitative estimate of drug-likeness (QED) is 0.338. The SMILES string of the molecule is O=C(O)CNC(=O)COc1ccc([C@H]2[C@H](SCC(O)c3ccsc3)C(=O)N2c2ccccc2)cc1. The second-order valence-corrected chi connectivity index (χ2v) is 9.80. The highest BCUT2D eigenvalue weighted by molar-refractivity contribution is 8.00. The molecule has 3 atom stereocenters. The largest absolute Gasteiger partial charge is 0.484 e. The lowest BCUT2D eigenvalue weighted by atomic mass is 9.92. The maximum Gasteiger partial charge on any atom is 0.322 e. The van der Waals surface area contributed by atoms with E-state index in [0.29, 0.717) is 11.5 Å².